The Kier molecular flexibility index (Phi) is 7.24. The SMILES string of the molecule is CC(=O)c1c(C(O)CC(C)C)ccc2c1C(=O)OCc1cc(C)cc(OC3CCCCO3)c1O2. The van der Waals surface area contributed by atoms with Crippen LogP contribution in [-0.2, 0) is 16.1 Å². The minimum absolute atomic E-state index is 0.0268. The summed E-state index contributed by atoms with van der Waals surface area (Å²) < 4.78 is 23.8. The van der Waals surface area contributed by atoms with Crippen LogP contribution in [0.2, 0.25) is 0 Å². The first-order valence-electron chi connectivity index (χ1n) is 11.9. The molecule has 0 bridgehead atoms. The Labute approximate surface area is 200 Å². The van der Waals surface area contributed by atoms with E-state index in [2.05, 4.69) is 0 Å². The zero-order chi connectivity index (χ0) is 24.4. The Hall–Kier alpha value is -2.90. The first-order valence-corrected chi connectivity index (χ1v) is 11.9. The van der Waals surface area contributed by atoms with Crippen LogP contribution in [0.4, 0.5) is 0 Å². The fourth-order valence-corrected chi connectivity index (χ4v) is 4.51. The van der Waals surface area contributed by atoms with Crippen LogP contribution in [0.25, 0.3) is 0 Å². The molecule has 1 fully saturated rings. The van der Waals surface area contributed by atoms with Crippen LogP contribution in [0.15, 0.2) is 24.3 Å². The molecule has 1 N–H and O–H groups in total. The Morgan fingerprint density at radius 1 is 1.24 bits per heavy atom. The number of aliphatic hydroxyl groups is 1. The summed E-state index contributed by atoms with van der Waals surface area (Å²) in [5, 5.41) is 10.8. The summed E-state index contributed by atoms with van der Waals surface area (Å²) in [4.78, 5) is 25.8. The van der Waals surface area contributed by atoms with Crippen molar-refractivity contribution in [3.05, 3.63) is 52.1 Å². The summed E-state index contributed by atoms with van der Waals surface area (Å²) in [6.45, 7) is 7.88. The Balaban J connectivity index is 1.80. The fraction of sp³-hybridized carbons (Fsp3) is 0.481. The number of hydrogen-bond donors (Lipinski definition) is 1. The maximum Gasteiger partial charge on any atom is 0.343 e. The number of carbonyl (C=O) groups is 2. The van der Waals surface area contributed by atoms with Crippen molar-refractivity contribution in [2.75, 3.05) is 6.61 Å². The predicted octanol–water partition coefficient (Wildman–Crippen LogP) is 5.65. The molecule has 7 nitrogen and oxygen atoms in total. The number of ether oxygens (including phenoxy) is 4. The molecule has 2 unspecified atom stereocenters. The van der Waals surface area contributed by atoms with Gasteiger partial charge in [-0.15, -0.1) is 0 Å². The molecule has 34 heavy (non-hydrogen) atoms. The van der Waals surface area contributed by atoms with Gasteiger partial charge in [0.2, 0.25) is 0 Å². The van der Waals surface area contributed by atoms with Gasteiger partial charge in [0.15, 0.2) is 23.6 Å². The molecule has 2 aliphatic heterocycles. The van der Waals surface area contributed by atoms with Gasteiger partial charge in [0.1, 0.15) is 17.9 Å². The molecule has 0 aliphatic carbocycles. The second-order valence-electron chi connectivity index (χ2n) is 9.45. The number of fused-ring (bicyclic) bond motifs is 2. The molecule has 0 spiro atoms. The van der Waals surface area contributed by atoms with E-state index in [-0.39, 0.29) is 41.5 Å². The number of aryl methyl sites for hydroxylation is 1. The van der Waals surface area contributed by atoms with Crippen LogP contribution < -0.4 is 9.47 Å². The Morgan fingerprint density at radius 3 is 2.71 bits per heavy atom. The highest BCUT2D eigenvalue weighted by molar-refractivity contribution is 6.08. The molecule has 1 saturated heterocycles. The molecule has 2 aromatic rings. The molecule has 0 amide bonds. The molecule has 2 aliphatic rings. The number of aliphatic hydroxyl groups excluding tert-OH is 1. The summed E-state index contributed by atoms with van der Waals surface area (Å²) in [7, 11) is 0. The van der Waals surface area contributed by atoms with Crippen LogP contribution in [-0.4, -0.2) is 29.8 Å². The van der Waals surface area contributed by atoms with E-state index in [0.717, 1.165) is 24.8 Å². The van der Waals surface area contributed by atoms with E-state index in [4.69, 9.17) is 18.9 Å². The highest BCUT2D eigenvalue weighted by Crippen LogP contribution is 2.43. The topological polar surface area (TPSA) is 91.3 Å². The third kappa shape index (κ3) is 5.10. The third-order valence-corrected chi connectivity index (χ3v) is 6.05. The van der Waals surface area contributed by atoms with Crippen molar-refractivity contribution in [1.82, 2.24) is 0 Å². The number of Topliss-reactive ketones (excluding diaryl/α,β-unsaturated/α-hetero) is 1. The highest BCUT2D eigenvalue weighted by atomic mass is 16.7. The summed E-state index contributed by atoms with van der Waals surface area (Å²) in [6.07, 6.45) is 1.99. The molecule has 0 saturated carbocycles. The standard InChI is InChI=1S/C27H32O7/c1-15(2)11-20(29)19-8-9-21-25(24(19)17(4)28)27(30)32-14-18-12-16(3)13-22(26(18)34-21)33-23-7-5-6-10-31-23/h8-9,12-13,15,20,23,29H,5-7,10-11,14H2,1-4H3. The normalized spacial score (nSPS) is 18.6. The van der Waals surface area contributed by atoms with Crippen molar-refractivity contribution < 1.29 is 33.6 Å². The highest BCUT2D eigenvalue weighted by Gasteiger charge is 2.31. The van der Waals surface area contributed by atoms with Gasteiger partial charge in [-0.2, -0.15) is 0 Å². The fourth-order valence-electron chi connectivity index (χ4n) is 4.51. The molecule has 2 heterocycles. The lowest BCUT2D eigenvalue weighted by Crippen LogP contribution is -2.25. The monoisotopic (exact) mass is 468 g/mol. The summed E-state index contributed by atoms with van der Waals surface area (Å²) in [5.41, 5.74) is 2.15. The number of ketones is 1. The number of rotatable bonds is 6. The average molecular weight is 469 g/mol. The van der Waals surface area contributed by atoms with Crippen LogP contribution in [0.3, 0.4) is 0 Å². The van der Waals surface area contributed by atoms with Crippen molar-refractivity contribution >= 4 is 11.8 Å². The smallest absolute Gasteiger partial charge is 0.343 e. The lowest BCUT2D eigenvalue weighted by molar-refractivity contribution is -0.106. The van der Waals surface area contributed by atoms with Crippen molar-refractivity contribution in [1.29, 1.82) is 0 Å². The van der Waals surface area contributed by atoms with Crippen molar-refractivity contribution in [2.45, 2.75) is 72.4 Å². The van der Waals surface area contributed by atoms with E-state index < -0.39 is 12.1 Å². The molecular weight excluding hydrogens is 436 g/mol. The first-order chi connectivity index (χ1) is 16.2. The van der Waals surface area contributed by atoms with E-state index in [1.807, 2.05) is 32.9 Å². The number of benzene rings is 2. The number of cyclic esters (lactones) is 1. The van der Waals surface area contributed by atoms with Crippen molar-refractivity contribution in [3.63, 3.8) is 0 Å². The second kappa shape index (κ2) is 10.2. The van der Waals surface area contributed by atoms with E-state index in [9.17, 15) is 14.7 Å². The zero-order valence-corrected chi connectivity index (χ0v) is 20.2. The molecule has 7 heteroatoms. The van der Waals surface area contributed by atoms with Gasteiger partial charge in [0.25, 0.3) is 0 Å². The Bertz CT molecular complexity index is 1080. The number of esters is 1. The number of carbonyl (C=O) groups excluding carboxylic acids is 2. The average Bonchev–Trinajstić information content (AvgIpc) is 2.78. The van der Waals surface area contributed by atoms with Gasteiger partial charge in [-0.25, -0.2) is 4.79 Å². The maximum absolute atomic E-state index is 13.1. The molecule has 182 valence electrons. The second-order valence-corrected chi connectivity index (χ2v) is 9.45. The van der Waals surface area contributed by atoms with Gasteiger partial charge >= 0.3 is 5.97 Å². The van der Waals surface area contributed by atoms with Gasteiger partial charge in [-0.1, -0.05) is 19.9 Å². The minimum atomic E-state index is -0.889. The van der Waals surface area contributed by atoms with Crippen molar-refractivity contribution in [2.24, 2.45) is 5.92 Å². The largest absolute Gasteiger partial charge is 0.461 e. The maximum atomic E-state index is 13.1. The lowest BCUT2D eigenvalue weighted by Gasteiger charge is -2.27. The molecule has 4 rings (SSSR count). The van der Waals surface area contributed by atoms with Crippen molar-refractivity contribution in [3.8, 4) is 17.2 Å². The zero-order valence-electron chi connectivity index (χ0n) is 20.2. The van der Waals surface area contributed by atoms with E-state index in [1.54, 1.807) is 12.1 Å². The van der Waals surface area contributed by atoms with Gasteiger partial charge in [-0.05, 0) is 68.4 Å². The summed E-state index contributed by atoms with van der Waals surface area (Å²) >= 11 is 0. The van der Waals surface area contributed by atoms with Crippen LogP contribution in [0.1, 0.15) is 90.0 Å². The summed E-state index contributed by atoms with van der Waals surface area (Å²) in [6, 6.07) is 7.01. The number of hydrogen-bond acceptors (Lipinski definition) is 7. The third-order valence-electron chi connectivity index (χ3n) is 6.05. The van der Waals surface area contributed by atoms with E-state index in [1.165, 1.54) is 6.92 Å². The van der Waals surface area contributed by atoms with Gasteiger partial charge in [-0.3, -0.25) is 4.79 Å². The van der Waals surface area contributed by atoms with E-state index >= 15 is 0 Å². The van der Waals surface area contributed by atoms with Gasteiger partial charge in [0, 0.05) is 17.5 Å². The Morgan fingerprint density at radius 2 is 2.03 bits per heavy atom. The van der Waals surface area contributed by atoms with Crippen LogP contribution in [0, 0.1) is 12.8 Å². The van der Waals surface area contributed by atoms with Crippen LogP contribution in [0.5, 0.6) is 17.2 Å². The minimum Gasteiger partial charge on any atom is -0.461 e. The lowest BCUT2D eigenvalue weighted by atomic mass is 9.90. The van der Waals surface area contributed by atoms with E-state index in [0.29, 0.717) is 35.7 Å². The molecule has 2 atom stereocenters. The van der Waals surface area contributed by atoms with Gasteiger partial charge in [0.05, 0.1) is 12.7 Å². The summed E-state index contributed by atoms with van der Waals surface area (Å²) in [5.74, 6) is 0.320. The molecule has 2 aromatic carbocycles. The molecule has 0 radical (unpaired) electrons. The quantitative estimate of drug-likeness (QED) is 0.433. The van der Waals surface area contributed by atoms with Crippen LogP contribution >= 0.6 is 0 Å². The molecular formula is C27H32O7. The molecule has 0 aromatic heterocycles. The first kappa shape index (κ1) is 24.2. The van der Waals surface area contributed by atoms with Gasteiger partial charge < -0.3 is 24.1 Å². The predicted molar refractivity (Wildman–Crippen MR) is 125 cm³/mol.